The van der Waals surface area contributed by atoms with Crippen molar-refractivity contribution in [3.8, 4) is 0 Å². The highest BCUT2D eigenvalue weighted by molar-refractivity contribution is 8.00. The smallest absolute Gasteiger partial charge is 0.0283 e. The van der Waals surface area contributed by atoms with E-state index >= 15 is 0 Å². The SMILES string of the molecule is CC1CN(CC(C)(N)C2CC2)CC(C)S1. The second-order valence-corrected chi connectivity index (χ2v) is 7.61. The van der Waals surface area contributed by atoms with Gasteiger partial charge in [-0.1, -0.05) is 13.8 Å². The molecule has 2 fully saturated rings. The molecule has 1 saturated heterocycles. The van der Waals surface area contributed by atoms with Gasteiger partial charge in [0.05, 0.1) is 0 Å². The van der Waals surface area contributed by atoms with Gasteiger partial charge in [0.25, 0.3) is 0 Å². The summed E-state index contributed by atoms with van der Waals surface area (Å²) in [4.78, 5) is 2.57. The van der Waals surface area contributed by atoms with Crippen molar-refractivity contribution in [2.45, 2.75) is 49.7 Å². The van der Waals surface area contributed by atoms with E-state index in [2.05, 4.69) is 37.4 Å². The van der Waals surface area contributed by atoms with Gasteiger partial charge in [0.15, 0.2) is 0 Å². The molecule has 2 N–H and O–H groups in total. The molecular weight excluding hydrogens is 204 g/mol. The zero-order chi connectivity index (χ0) is 11.1. The fraction of sp³-hybridized carbons (Fsp3) is 1.00. The van der Waals surface area contributed by atoms with Crippen molar-refractivity contribution in [3.05, 3.63) is 0 Å². The molecular formula is C12H24N2S. The molecule has 0 aromatic heterocycles. The molecule has 3 heteroatoms. The van der Waals surface area contributed by atoms with Gasteiger partial charge in [-0.3, -0.25) is 4.90 Å². The summed E-state index contributed by atoms with van der Waals surface area (Å²) in [6, 6.07) is 0. The van der Waals surface area contributed by atoms with Crippen molar-refractivity contribution in [2.24, 2.45) is 11.7 Å². The normalized spacial score (nSPS) is 37.6. The Morgan fingerprint density at radius 2 is 1.80 bits per heavy atom. The van der Waals surface area contributed by atoms with Crippen LogP contribution in [0.25, 0.3) is 0 Å². The Hall–Kier alpha value is 0.270. The highest BCUT2D eigenvalue weighted by Crippen LogP contribution is 2.39. The van der Waals surface area contributed by atoms with Gasteiger partial charge in [0, 0.05) is 35.7 Å². The van der Waals surface area contributed by atoms with Crippen LogP contribution in [0, 0.1) is 5.92 Å². The average molecular weight is 228 g/mol. The van der Waals surface area contributed by atoms with Gasteiger partial charge in [-0.25, -0.2) is 0 Å². The van der Waals surface area contributed by atoms with Crippen LogP contribution < -0.4 is 5.73 Å². The van der Waals surface area contributed by atoms with Crippen LogP contribution >= 0.6 is 11.8 Å². The van der Waals surface area contributed by atoms with E-state index in [-0.39, 0.29) is 5.54 Å². The van der Waals surface area contributed by atoms with E-state index in [1.165, 1.54) is 25.9 Å². The Kier molecular flexibility index (Phi) is 3.34. The zero-order valence-electron chi connectivity index (χ0n) is 10.2. The fourth-order valence-corrected chi connectivity index (χ4v) is 4.15. The van der Waals surface area contributed by atoms with E-state index in [1.807, 2.05) is 0 Å². The van der Waals surface area contributed by atoms with Crippen LogP contribution in [0.15, 0.2) is 0 Å². The maximum absolute atomic E-state index is 6.40. The Balaban J connectivity index is 1.87. The van der Waals surface area contributed by atoms with Crippen molar-refractivity contribution in [2.75, 3.05) is 19.6 Å². The molecule has 1 aliphatic heterocycles. The third-order valence-electron chi connectivity index (χ3n) is 3.57. The van der Waals surface area contributed by atoms with E-state index in [4.69, 9.17) is 5.73 Å². The maximum Gasteiger partial charge on any atom is 0.0283 e. The van der Waals surface area contributed by atoms with E-state index in [1.54, 1.807) is 0 Å². The third-order valence-corrected chi connectivity index (χ3v) is 4.80. The van der Waals surface area contributed by atoms with Gasteiger partial charge in [-0.15, -0.1) is 0 Å². The van der Waals surface area contributed by atoms with Crippen LogP contribution in [0.5, 0.6) is 0 Å². The van der Waals surface area contributed by atoms with Crippen molar-refractivity contribution in [3.63, 3.8) is 0 Å². The molecule has 1 heterocycles. The Bertz CT molecular complexity index is 216. The minimum Gasteiger partial charge on any atom is -0.324 e. The van der Waals surface area contributed by atoms with Gasteiger partial charge < -0.3 is 5.73 Å². The highest BCUT2D eigenvalue weighted by atomic mass is 32.2. The lowest BCUT2D eigenvalue weighted by molar-refractivity contribution is 0.200. The molecule has 0 spiro atoms. The number of hydrogen-bond donors (Lipinski definition) is 1. The van der Waals surface area contributed by atoms with Gasteiger partial charge in [0.2, 0.25) is 0 Å². The van der Waals surface area contributed by atoms with E-state index in [0.717, 1.165) is 23.0 Å². The van der Waals surface area contributed by atoms with Gasteiger partial charge in [-0.05, 0) is 25.7 Å². The minimum atomic E-state index is 0.0570. The standard InChI is InChI=1S/C12H24N2S/c1-9-6-14(7-10(2)15-9)8-12(3,13)11-4-5-11/h9-11H,4-8,13H2,1-3H3. The van der Waals surface area contributed by atoms with E-state index in [0.29, 0.717) is 0 Å². The lowest BCUT2D eigenvalue weighted by Crippen LogP contribution is -2.53. The second kappa shape index (κ2) is 4.27. The Labute approximate surface area is 98.0 Å². The monoisotopic (exact) mass is 228 g/mol. The number of thioether (sulfide) groups is 1. The predicted octanol–water partition coefficient (Wildman–Crippen LogP) is 1.94. The predicted molar refractivity (Wildman–Crippen MR) is 68.3 cm³/mol. The number of nitrogens with two attached hydrogens (primary N) is 1. The quantitative estimate of drug-likeness (QED) is 0.800. The van der Waals surface area contributed by atoms with Crippen molar-refractivity contribution >= 4 is 11.8 Å². The molecule has 0 bridgehead atoms. The van der Waals surface area contributed by atoms with Crippen molar-refractivity contribution in [1.82, 2.24) is 4.90 Å². The summed E-state index contributed by atoms with van der Waals surface area (Å²) >= 11 is 2.11. The lowest BCUT2D eigenvalue weighted by atomic mass is 9.96. The second-order valence-electron chi connectivity index (χ2n) is 5.73. The summed E-state index contributed by atoms with van der Waals surface area (Å²) in [6.07, 6.45) is 2.70. The molecule has 0 aromatic carbocycles. The number of nitrogens with zero attached hydrogens (tertiary/aromatic N) is 1. The average Bonchev–Trinajstić information content (AvgIpc) is 2.80. The molecule has 2 nitrogen and oxygen atoms in total. The molecule has 0 amide bonds. The topological polar surface area (TPSA) is 29.3 Å². The van der Waals surface area contributed by atoms with Crippen LogP contribution in [-0.2, 0) is 0 Å². The van der Waals surface area contributed by atoms with Gasteiger partial charge in [0.1, 0.15) is 0 Å². The van der Waals surface area contributed by atoms with Crippen molar-refractivity contribution < 1.29 is 0 Å². The minimum absolute atomic E-state index is 0.0570. The highest BCUT2D eigenvalue weighted by Gasteiger charge is 2.40. The summed E-state index contributed by atoms with van der Waals surface area (Å²) in [5, 5.41) is 1.53. The number of hydrogen-bond acceptors (Lipinski definition) is 3. The van der Waals surface area contributed by atoms with Crippen LogP contribution in [0.2, 0.25) is 0 Å². The molecule has 3 unspecified atom stereocenters. The molecule has 3 atom stereocenters. The van der Waals surface area contributed by atoms with Crippen LogP contribution in [0.4, 0.5) is 0 Å². The molecule has 0 aromatic rings. The lowest BCUT2D eigenvalue weighted by Gasteiger charge is -2.39. The first kappa shape index (κ1) is 11.7. The third kappa shape index (κ3) is 3.11. The van der Waals surface area contributed by atoms with Crippen LogP contribution in [0.3, 0.4) is 0 Å². The van der Waals surface area contributed by atoms with E-state index < -0.39 is 0 Å². The summed E-state index contributed by atoms with van der Waals surface area (Å²) in [5.74, 6) is 0.790. The summed E-state index contributed by atoms with van der Waals surface area (Å²) in [5.41, 5.74) is 6.45. The first-order valence-electron chi connectivity index (χ1n) is 6.14. The number of rotatable bonds is 3. The van der Waals surface area contributed by atoms with Crippen LogP contribution in [-0.4, -0.2) is 40.6 Å². The maximum atomic E-state index is 6.40. The fourth-order valence-electron chi connectivity index (χ4n) is 2.77. The first-order chi connectivity index (χ1) is 6.97. The molecule has 15 heavy (non-hydrogen) atoms. The summed E-state index contributed by atoms with van der Waals surface area (Å²) < 4.78 is 0. The Morgan fingerprint density at radius 3 is 2.27 bits per heavy atom. The molecule has 88 valence electrons. The molecule has 2 rings (SSSR count). The van der Waals surface area contributed by atoms with Crippen LogP contribution in [0.1, 0.15) is 33.6 Å². The van der Waals surface area contributed by atoms with Gasteiger partial charge in [-0.2, -0.15) is 11.8 Å². The van der Waals surface area contributed by atoms with Gasteiger partial charge >= 0.3 is 0 Å². The Morgan fingerprint density at radius 1 is 1.27 bits per heavy atom. The first-order valence-corrected chi connectivity index (χ1v) is 7.08. The largest absolute Gasteiger partial charge is 0.324 e. The summed E-state index contributed by atoms with van der Waals surface area (Å²) in [7, 11) is 0. The molecule has 1 aliphatic carbocycles. The molecule has 1 saturated carbocycles. The van der Waals surface area contributed by atoms with Crippen molar-refractivity contribution in [1.29, 1.82) is 0 Å². The van der Waals surface area contributed by atoms with E-state index in [9.17, 15) is 0 Å². The summed E-state index contributed by atoms with van der Waals surface area (Å²) in [6.45, 7) is 10.4. The zero-order valence-corrected chi connectivity index (χ0v) is 11.0. The molecule has 0 radical (unpaired) electrons. The molecule has 2 aliphatic rings.